The summed E-state index contributed by atoms with van der Waals surface area (Å²) < 4.78 is 3.46. The molecule has 4 rings (SSSR count). The Hall–Kier alpha value is -2.76. The minimum absolute atomic E-state index is 0.796. The Morgan fingerprint density at radius 3 is 2.56 bits per heavy atom. The van der Waals surface area contributed by atoms with Gasteiger partial charge in [0.15, 0.2) is 11.3 Å². The van der Waals surface area contributed by atoms with Crippen LogP contribution in [0.2, 0.25) is 0 Å². The fourth-order valence-electron chi connectivity index (χ4n) is 1.91. The molecule has 0 unspecified atom stereocenters. The average Bonchev–Trinajstić information content (AvgIpc) is 3.04. The van der Waals surface area contributed by atoms with Crippen molar-refractivity contribution in [2.45, 2.75) is 0 Å². The summed E-state index contributed by atoms with van der Waals surface area (Å²) in [6.07, 6.45) is 7.14. The number of hydrogen-bond donors (Lipinski definition) is 0. The second-order valence-electron chi connectivity index (χ2n) is 3.90. The molecule has 0 amide bonds. The molecule has 0 spiro atoms. The quantitative estimate of drug-likeness (QED) is 0.501. The molecule has 0 aliphatic rings. The zero-order valence-electron chi connectivity index (χ0n) is 9.30. The van der Waals surface area contributed by atoms with Crippen LogP contribution in [0.15, 0.2) is 49.1 Å². The highest BCUT2D eigenvalue weighted by Crippen LogP contribution is 2.16. The molecule has 86 valence electrons. The lowest BCUT2D eigenvalue weighted by molar-refractivity contribution is 0.912. The highest BCUT2D eigenvalue weighted by atomic mass is 15.3. The van der Waals surface area contributed by atoms with Crippen molar-refractivity contribution >= 4 is 11.3 Å². The van der Waals surface area contributed by atoms with E-state index in [1.165, 1.54) is 0 Å². The Morgan fingerprint density at radius 1 is 0.778 bits per heavy atom. The second-order valence-corrected chi connectivity index (χ2v) is 3.90. The summed E-state index contributed by atoms with van der Waals surface area (Å²) in [5.74, 6) is 0. The van der Waals surface area contributed by atoms with Crippen LogP contribution in [0.25, 0.3) is 22.7 Å². The van der Waals surface area contributed by atoms with Crippen LogP contribution in [0.3, 0.4) is 0 Å². The molecule has 0 atom stereocenters. The molecule has 0 aromatic carbocycles. The highest BCUT2D eigenvalue weighted by Gasteiger charge is 2.07. The number of nitrogens with zero attached hydrogens (tertiary/aromatic N) is 6. The van der Waals surface area contributed by atoms with Gasteiger partial charge in [0, 0.05) is 30.9 Å². The zero-order valence-corrected chi connectivity index (χ0v) is 9.30. The summed E-state index contributed by atoms with van der Waals surface area (Å²) >= 11 is 0. The number of hydrogen-bond acceptors (Lipinski definition) is 4. The van der Waals surface area contributed by atoms with E-state index in [4.69, 9.17) is 0 Å². The molecule has 0 aliphatic carbocycles. The van der Waals surface area contributed by atoms with Crippen molar-refractivity contribution in [3.05, 3.63) is 49.1 Å². The minimum atomic E-state index is 0.796. The fraction of sp³-hybridized carbons (Fsp3) is 0. The van der Waals surface area contributed by atoms with Gasteiger partial charge in [-0.1, -0.05) is 0 Å². The zero-order chi connectivity index (χ0) is 11.9. The van der Waals surface area contributed by atoms with E-state index in [1.54, 1.807) is 21.4 Å². The van der Waals surface area contributed by atoms with E-state index in [1.807, 2.05) is 36.7 Å². The highest BCUT2D eigenvalue weighted by molar-refractivity contribution is 5.61. The molecule has 0 saturated carbocycles. The summed E-state index contributed by atoms with van der Waals surface area (Å²) in [4.78, 5) is 8.39. The van der Waals surface area contributed by atoms with E-state index in [0.717, 1.165) is 22.7 Å². The predicted octanol–water partition coefficient (Wildman–Crippen LogP) is 1.44. The molecule has 18 heavy (non-hydrogen) atoms. The molecule has 6 nitrogen and oxygen atoms in total. The average molecular weight is 236 g/mol. The van der Waals surface area contributed by atoms with Crippen LogP contribution >= 0.6 is 0 Å². The van der Waals surface area contributed by atoms with Gasteiger partial charge >= 0.3 is 0 Å². The van der Waals surface area contributed by atoms with Gasteiger partial charge in [0.25, 0.3) is 0 Å². The molecular formula is C12H8N6. The van der Waals surface area contributed by atoms with Gasteiger partial charge < -0.3 is 0 Å². The number of rotatable bonds is 1. The number of imidazole rings is 1. The molecule has 4 aromatic heterocycles. The minimum Gasteiger partial charge on any atom is -0.237 e. The lowest BCUT2D eigenvalue weighted by atomic mass is 10.3. The van der Waals surface area contributed by atoms with E-state index in [9.17, 15) is 0 Å². The Kier molecular flexibility index (Phi) is 1.74. The summed E-state index contributed by atoms with van der Waals surface area (Å²) in [7, 11) is 0. The van der Waals surface area contributed by atoms with Crippen molar-refractivity contribution in [3.63, 3.8) is 0 Å². The van der Waals surface area contributed by atoms with Gasteiger partial charge in [0.1, 0.15) is 11.4 Å². The molecule has 0 saturated heterocycles. The molecule has 0 bridgehead atoms. The molecular weight excluding hydrogens is 228 g/mol. The monoisotopic (exact) mass is 236 g/mol. The first kappa shape index (κ1) is 9.29. The molecule has 6 heteroatoms. The van der Waals surface area contributed by atoms with Crippen molar-refractivity contribution in [1.82, 2.24) is 29.2 Å². The second kappa shape index (κ2) is 3.36. The number of aromatic nitrogens is 6. The van der Waals surface area contributed by atoms with Crippen LogP contribution in [0.1, 0.15) is 0 Å². The predicted molar refractivity (Wildman–Crippen MR) is 65.0 cm³/mol. The normalized spacial score (nSPS) is 11.3. The standard InChI is InChI=1S/C12H8N6/c1-4-13-12-8-10(16-17(12)6-1)9-2-3-11-14-5-7-18(11)15-9/h1-8H. The van der Waals surface area contributed by atoms with Crippen molar-refractivity contribution in [2.75, 3.05) is 0 Å². The molecule has 4 aromatic rings. The Labute approximate surface area is 102 Å². The SMILES string of the molecule is c1cnc2cc(-c3ccc4nccn4n3)nn2c1. The van der Waals surface area contributed by atoms with Crippen molar-refractivity contribution in [2.24, 2.45) is 0 Å². The van der Waals surface area contributed by atoms with E-state index >= 15 is 0 Å². The fourth-order valence-corrected chi connectivity index (χ4v) is 1.91. The lowest BCUT2D eigenvalue weighted by Gasteiger charge is -1.96. The molecule has 0 N–H and O–H groups in total. The van der Waals surface area contributed by atoms with Crippen LogP contribution in [0.5, 0.6) is 0 Å². The van der Waals surface area contributed by atoms with Crippen LogP contribution in [-0.4, -0.2) is 29.2 Å². The van der Waals surface area contributed by atoms with Crippen LogP contribution in [0, 0.1) is 0 Å². The van der Waals surface area contributed by atoms with Gasteiger partial charge in [-0.15, -0.1) is 0 Å². The van der Waals surface area contributed by atoms with Crippen molar-refractivity contribution in [3.8, 4) is 11.4 Å². The van der Waals surface area contributed by atoms with Crippen LogP contribution in [0.4, 0.5) is 0 Å². The van der Waals surface area contributed by atoms with E-state index < -0.39 is 0 Å². The summed E-state index contributed by atoms with van der Waals surface area (Å²) in [5.41, 5.74) is 3.22. The summed E-state index contributed by atoms with van der Waals surface area (Å²) in [6.45, 7) is 0. The molecule has 4 heterocycles. The third-order valence-electron chi connectivity index (χ3n) is 2.75. The van der Waals surface area contributed by atoms with Gasteiger partial charge in [0.05, 0.1) is 0 Å². The molecule has 0 radical (unpaired) electrons. The smallest absolute Gasteiger partial charge is 0.155 e. The maximum Gasteiger partial charge on any atom is 0.155 e. The first-order chi connectivity index (χ1) is 8.90. The Balaban J connectivity index is 1.94. The molecule has 0 aliphatic heterocycles. The molecule has 0 fully saturated rings. The largest absolute Gasteiger partial charge is 0.237 e. The summed E-state index contributed by atoms with van der Waals surface area (Å²) in [5, 5.41) is 8.88. The van der Waals surface area contributed by atoms with E-state index in [0.29, 0.717) is 0 Å². The van der Waals surface area contributed by atoms with Gasteiger partial charge in [-0.2, -0.15) is 10.2 Å². The number of fused-ring (bicyclic) bond motifs is 2. The van der Waals surface area contributed by atoms with Crippen LogP contribution in [-0.2, 0) is 0 Å². The van der Waals surface area contributed by atoms with Gasteiger partial charge in [-0.05, 0) is 18.2 Å². The maximum atomic E-state index is 4.45. The van der Waals surface area contributed by atoms with E-state index in [-0.39, 0.29) is 0 Å². The van der Waals surface area contributed by atoms with E-state index in [2.05, 4.69) is 20.2 Å². The maximum absolute atomic E-state index is 4.45. The topological polar surface area (TPSA) is 60.4 Å². The summed E-state index contributed by atoms with van der Waals surface area (Å²) in [6, 6.07) is 7.57. The first-order valence-corrected chi connectivity index (χ1v) is 5.51. The third kappa shape index (κ3) is 1.29. The van der Waals surface area contributed by atoms with Crippen molar-refractivity contribution in [1.29, 1.82) is 0 Å². The lowest BCUT2D eigenvalue weighted by Crippen LogP contribution is -1.94. The Bertz CT molecular complexity index is 811. The van der Waals surface area contributed by atoms with Crippen molar-refractivity contribution < 1.29 is 0 Å². The van der Waals surface area contributed by atoms with Gasteiger partial charge in [-0.3, -0.25) is 0 Å². The Morgan fingerprint density at radius 2 is 1.61 bits per heavy atom. The first-order valence-electron chi connectivity index (χ1n) is 5.51. The third-order valence-corrected chi connectivity index (χ3v) is 2.75. The van der Waals surface area contributed by atoms with Crippen LogP contribution < -0.4 is 0 Å². The van der Waals surface area contributed by atoms with Gasteiger partial charge in [-0.25, -0.2) is 19.0 Å². The van der Waals surface area contributed by atoms with Gasteiger partial charge in [0.2, 0.25) is 0 Å².